The molecular formula is C24H26N4O3. The van der Waals surface area contributed by atoms with E-state index in [1.807, 2.05) is 48.5 Å². The molecule has 7 heteroatoms. The lowest BCUT2D eigenvalue weighted by Crippen LogP contribution is -2.48. The lowest BCUT2D eigenvalue weighted by molar-refractivity contribution is -0.122. The number of hydrogen-bond donors (Lipinski definition) is 2. The van der Waals surface area contributed by atoms with Gasteiger partial charge in [-0.15, -0.1) is 0 Å². The minimum atomic E-state index is -0.192. The van der Waals surface area contributed by atoms with Crippen LogP contribution in [0.15, 0.2) is 61.2 Å². The van der Waals surface area contributed by atoms with Crippen LogP contribution in [-0.4, -0.2) is 59.7 Å². The van der Waals surface area contributed by atoms with E-state index in [9.17, 15) is 14.4 Å². The average Bonchev–Trinajstić information content (AvgIpc) is 3.01. The van der Waals surface area contributed by atoms with Gasteiger partial charge in [-0.25, -0.2) is 0 Å². The van der Waals surface area contributed by atoms with Crippen molar-refractivity contribution in [3.05, 3.63) is 72.3 Å². The highest BCUT2D eigenvalue weighted by Crippen LogP contribution is 2.30. The van der Waals surface area contributed by atoms with Crippen LogP contribution in [0.25, 0.3) is 5.70 Å². The van der Waals surface area contributed by atoms with Crippen LogP contribution in [0.3, 0.4) is 0 Å². The fourth-order valence-corrected chi connectivity index (χ4v) is 4.08. The molecule has 1 fully saturated rings. The molecule has 0 unspecified atom stereocenters. The van der Waals surface area contributed by atoms with E-state index in [2.05, 4.69) is 22.1 Å². The second kappa shape index (κ2) is 9.14. The molecular weight excluding hydrogens is 392 g/mol. The molecule has 0 atom stereocenters. The largest absolute Gasteiger partial charge is 0.352 e. The Bertz CT molecular complexity index is 962. The van der Waals surface area contributed by atoms with Crippen molar-refractivity contribution in [2.75, 3.05) is 31.5 Å². The Kier molecular flexibility index (Phi) is 6.13. The molecule has 0 aliphatic carbocycles. The summed E-state index contributed by atoms with van der Waals surface area (Å²) in [4.78, 5) is 40.8. The molecule has 160 valence electrons. The molecule has 2 heterocycles. The third kappa shape index (κ3) is 4.83. The number of nitrogens with zero attached hydrogens (tertiary/aromatic N) is 2. The van der Waals surface area contributed by atoms with Crippen LogP contribution in [0, 0.1) is 0 Å². The Hall–Kier alpha value is -3.45. The molecule has 2 aromatic carbocycles. The maximum atomic E-state index is 12.6. The second-order valence-electron chi connectivity index (χ2n) is 7.92. The van der Waals surface area contributed by atoms with Crippen molar-refractivity contribution in [2.45, 2.75) is 18.9 Å². The average molecular weight is 418 g/mol. The number of hydrogen-bond acceptors (Lipinski definition) is 4. The number of anilines is 1. The van der Waals surface area contributed by atoms with E-state index in [0.717, 1.165) is 37.2 Å². The maximum Gasteiger partial charge on any atom is 0.259 e. The number of rotatable bonds is 6. The monoisotopic (exact) mass is 418 g/mol. The summed E-state index contributed by atoms with van der Waals surface area (Å²) in [5.74, 6) is -0.420. The molecule has 0 bridgehead atoms. The highest BCUT2D eigenvalue weighted by Gasteiger charge is 2.32. The Morgan fingerprint density at radius 3 is 2.23 bits per heavy atom. The number of benzene rings is 2. The molecule has 7 nitrogen and oxygen atoms in total. The van der Waals surface area contributed by atoms with Gasteiger partial charge in [-0.3, -0.25) is 24.2 Å². The molecule has 31 heavy (non-hydrogen) atoms. The number of carbonyl (C=O) groups excluding carboxylic acids is 3. The van der Waals surface area contributed by atoms with Gasteiger partial charge in [-0.05, 0) is 31.0 Å². The highest BCUT2D eigenvalue weighted by atomic mass is 16.2. The number of para-hydroxylation sites is 1. The number of carbonyl (C=O) groups is 3. The predicted molar refractivity (Wildman–Crippen MR) is 119 cm³/mol. The number of nitrogens with one attached hydrogen (secondary N) is 2. The van der Waals surface area contributed by atoms with Gasteiger partial charge in [0.25, 0.3) is 5.91 Å². The lowest BCUT2D eigenvalue weighted by atomic mass is 10.0. The zero-order chi connectivity index (χ0) is 21.8. The minimum absolute atomic E-state index is 0.0357. The van der Waals surface area contributed by atoms with Crippen LogP contribution in [0.4, 0.5) is 5.69 Å². The predicted octanol–water partition coefficient (Wildman–Crippen LogP) is 2.33. The summed E-state index contributed by atoms with van der Waals surface area (Å²) in [7, 11) is 0. The lowest BCUT2D eigenvalue weighted by Gasteiger charge is -2.32. The first-order chi connectivity index (χ1) is 15.0. The maximum absolute atomic E-state index is 12.6. The van der Waals surface area contributed by atoms with Crippen molar-refractivity contribution in [2.24, 2.45) is 0 Å². The first kappa shape index (κ1) is 20.8. The molecule has 2 aliphatic heterocycles. The summed E-state index contributed by atoms with van der Waals surface area (Å²) in [6.07, 6.45) is 1.53. The van der Waals surface area contributed by atoms with E-state index in [-0.39, 0.29) is 30.3 Å². The highest BCUT2D eigenvalue weighted by molar-refractivity contribution is 6.10. The number of fused-ring (bicyclic) bond motifs is 1. The van der Waals surface area contributed by atoms with Gasteiger partial charge in [0, 0.05) is 41.6 Å². The molecule has 0 spiro atoms. The van der Waals surface area contributed by atoms with Gasteiger partial charge >= 0.3 is 0 Å². The van der Waals surface area contributed by atoms with E-state index in [4.69, 9.17) is 0 Å². The van der Waals surface area contributed by atoms with Gasteiger partial charge < -0.3 is 10.6 Å². The van der Waals surface area contributed by atoms with E-state index < -0.39 is 0 Å². The van der Waals surface area contributed by atoms with Gasteiger partial charge in [0.1, 0.15) is 6.54 Å². The van der Waals surface area contributed by atoms with Crippen molar-refractivity contribution in [1.29, 1.82) is 0 Å². The molecule has 2 aromatic rings. The topological polar surface area (TPSA) is 81.8 Å². The van der Waals surface area contributed by atoms with Crippen LogP contribution in [0.1, 0.15) is 28.8 Å². The standard InChI is InChI=1S/C24H26N4O3/c1-17-20-9-5-6-10-21(20)24(31)28(17)16-23(30)26-19-11-13-27(14-12-19)15-22(29)25-18-7-3-2-4-8-18/h2-10,19H,1,11-16H2,(H,25,29)(H,26,30). The number of likely N-dealkylation sites (tertiary alicyclic amines) is 1. The zero-order valence-electron chi connectivity index (χ0n) is 17.3. The summed E-state index contributed by atoms with van der Waals surface area (Å²) >= 11 is 0. The van der Waals surface area contributed by atoms with Gasteiger partial charge in [0.2, 0.25) is 11.8 Å². The van der Waals surface area contributed by atoms with Crippen LogP contribution in [-0.2, 0) is 9.59 Å². The smallest absolute Gasteiger partial charge is 0.259 e. The molecule has 0 radical (unpaired) electrons. The zero-order valence-corrected chi connectivity index (χ0v) is 17.3. The van der Waals surface area contributed by atoms with Crippen LogP contribution >= 0.6 is 0 Å². The quantitative estimate of drug-likeness (QED) is 0.755. The molecule has 2 aliphatic rings. The SMILES string of the molecule is C=C1c2ccccc2C(=O)N1CC(=O)NC1CCN(CC(=O)Nc2ccccc2)CC1. The van der Waals surface area contributed by atoms with E-state index in [0.29, 0.717) is 17.8 Å². The number of piperidine rings is 1. The molecule has 3 amide bonds. The summed E-state index contributed by atoms with van der Waals surface area (Å²) in [6, 6.07) is 16.7. The third-order valence-electron chi connectivity index (χ3n) is 5.72. The van der Waals surface area contributed by atoms with Gasteiger partial charge in [-0.2, -0.15) is 0 Å². The number of amides is 3. The minimum Gasteiger partial charge on any atom is -0.352 e. The van der Waals surface area contributed by atoms with Crippen LogP contribution < -0.4 is 10.6 Å². The summed E-state index contributed by atoms with van der Waals surface area (Å²) in [5.41, 5.74) is 2.72. The first-order valence-electron chi connectivity index (χ1n) is 10.5. The van der Waals surface area contributed by atoms with Gasteiger partial charge in [0.15, 0.2) is 0 Å². The van der Waals surface area contributed by atoms with E-state index in [1.54, 1.807) is 6.07 Å². The summed E-state index contributed by atoms with van der Waals surface area (Å²) < 4.78 is 0. The Morgan fingerprint density at radius 2 is 1.55 bits per heavy atom. The Morgan fingerprint density at radius 1 is 0.903 bits per heavy atom. The van der Waals surface area contributed by atoms with E-state index >= 15 is 0 Å². The van der Waals surface area contributed by atoms with Crippen molar-refractivity contribution < 1.29 is 14.4 Å². The molecule has 4 rings (SSSR count). The summed E-state index contributed by atoms with van der Waals surface area (Å²) in [6.45, 7) is 5.73. The normalized spacial score (nSPS) is 16.8. The van der Waals surface area contributed by atoms with E-state index in [1.165, 1.54) is 4.90 Å². The van der Waals surface area contributed by atoms with Gasteiger partial charge in [-0.1, -0.05) is 43.0 Å². The fraction of sp³-hybridized carbons (Fsp3) is 0.292. The summed E-state index contributed by atoms with van der Waals surface area (Å²) in [5, 5.41) is 5.92. The molecule has 1 saturated heterocycles. The molecule has 2 N–H and O–H groups in total. The van der Waals surface area contributed by atoms with Crippen molar-refractivity contribution >= 4 is 29.1 Å². The first-order valence-corrected chi connectivity index (χ1v) is 10.5. The van der Waals surface area contributed by atoms with Crippen LogP contribution in [0.2, 0.25) is 0 Å². The molecule has 0 saturated carbocycles. The molecule has 0 aromatic heterocycles. The van der Waals surface area contributed by atoms with Crippen LogP contribution in [0.5, 0.6) is 0 Å². The Balaban J connectivity index is 1.21. The Labute approximate surface area is 181 Å². The van der Waals surface area contributed by atoms with Crippen molar-refractivity contribution in [3.63, 3.8) is 0 Å². The van der Waals surface area contributed by atoms with Crippen molar-refractivity contribution in [3.8, 4) is 0 Å². The third-order valence-corrected chi connectivity index (χ3v) is 5.72. The second-order valence-corrected chi connectivity index (χ2v) is 7.92. The fourth-order valence-electron chi connectivity index (χ4n) is 4.08. The van der Waals surface area contributed by atoms with Crippen molar-refractivity contribution in [1.82, 2.24) is 15.1 Å². The van der Waals surface area contributed by atoms with Gasteiger partial charge in [0.05, 0.1) is 6.54 Å².